The molecular weight excluding hydrogens is 298 g/mol. The first kappa shape index (κ1) is 16.3. The lowest BCUT2D eigenvalue weighted by Gasteiger charge is -2.16. The minimum Gasteiger partial charge on any atom is -0.372 e. The van der Waals surface area contributed by atoms with Gasteiger partial charge in [-0.1, -0.05) is 22.2 Å². The van der Waals surface area contributed by atoms with Crippen LogP contribution in [0.4, 0.5) is 0 Å². The molecule has 0 aliphatic heterocycles. The quantitative estimate of drug-likeness (QED) is 0.263. The van der Waals surface area contributed by atoms with E-state index in [1.807, 2.05) is 0 Å². The fourth-order valence-corrected chi connectivity index (χ4v) is 2.97. The van der Waals surface area contributed by atoms with Gasteiger partial charge < -0.3 is 8.85 Å². The van der Waals surface area contributed by atoms with Crippen LogP contribution < -0.4 is 0 Å². The van der Waals surface area contributed by atoms with E-state index >= 15 is 0 Å². The van der Waals surface area contributed by atoms with Crippen molar-refractivity contribution in [2.45, 2.75) is 25.7 Å². The summed E-state index contributed by atoms with van der Waals surface area (Å²) in [5, 5.41) is 0. The fraction of sp³-hybridized carbons (Fsp3) is 1.00. The number of alkyl halides is 2. The predicted molar refractivity (Wildman–Crippen MR) is 69.3 cm³/mol. The summed E-state index contributed by atoms with van der Waals surface area (Å²) in [5.41, 5.74) is 0. The van der Waals surface area contributed by atoms with Crippen molar-refractivity contribution in [3.05, 3.63) is 0 Å². The molecule has 0 N–H and O–H groups in total. The van der Waals surface area contributed by atoms with Gasteiger partial charge in [-0.05, 0) is 25.7 Å². The summed E-state index contributed by atoms with van der Waals surface area (Å²) in [5.74, 6) is 1.25. The first-order valence-electron chi connectivity index (χ1n) is 4.90. The molecule has 15 heavy (non-hydrogen) atoms. The van der Waals surface area contributed by atoms with Gasteiger partial charge in [-0.15, -0.1) is 23.2 Å². The summed E-state index contributed by atoms with van der Waals surface area (Å²) in [7, 11) is -2.95. The highest BCUT2D eigenvalue weighted by Gasteiger charge is 2.33. The van der Waals surface area contributed by atoms with Crippen molar-refractivity contribution in [1.29, 1.82) is 0 Å². The number of hydrogen-bond acceptors (Lipinski definition) is 2. The van der Waals surface area contributed by atoms with Gasteiger partial charge in [-0.25, -0.2) is 0 Å². The van der Waals surface area contributed by atoms with Crippen molar-refractivity contribution >= 4 is 52.5 Å². The van der Waals surface area contributed by atoms with E-state index in [-0.39, 0.29) is 0 Å². The van der Waals surface area contributed by atoms with Crippen LogP contribution in [0.3, 0.4) is 0 Å². The molecule has 0 spiro atoms. The van der Waals surface area contributed by atoms with Crippen LogP contribution in [0.15, 0.2) is 0 Å². The maximum absolute atomic E-state index is 5.89. The van der Waals surface area contributed by atoms with Crippen LogP contribution in [-0.2, 0) is 8.85 Å². The van der Waals surface area contributed by atoms with E-state index in [4.69, 9.17) is 54.2 Å². The topological polar surface area (TPSA) is 18.5 Å². The second-order valence-electron chi connectivity index (χ2n) is 2.95. The molecular formula is C8H16Cl4O2Si. The minimum absolute atomic E-state index is 0.501. The van der Waals surface area contributed by atoms with Gasteiger partial charge in [0.1, 0.15) is 0 Å². The highest BCUT2D eigenvalue weighted by molar-refractivity contribution is 7.39. The van der Waals surface area contributed by atoms with Crippen molar-refractivity contribution in [2.75, 3.05) is 25.0 Å². The zero-order chi connectivity index (χ0) is 11.6. The SMILES string of the molecule is ClCCCCO[Si](Cl)(Cl)OCCCCCl. The van der Waals surface area contributed by atoms with E-state index in [0.29, 0.717) is 25.0 Å². The Bertz CT molecular complexity index is 135. The van der Waals surface area contributed by atoms with Gasteiger partial charge in [0.25, 0.3) is 0 Å². The molecule has 0 rings (SSSR count). The van der Waals surface area contributed by atoms with Gasteiger partial charge in [-0.2, -0.15) is 0 Å². The predicted octanol–water partition coefficient (Wildman–Crippen LogP) is 3.97. The van der Waals surface area contributed by atoms with E-state index in [2.05, 4.69) is 0 Å². The molecule has 0 saturated heterocycles. The Kier molecular flexibility index (Phi) is 11.4. The lowest BCUT2D eigenvalue weighted by molar-refractivity contribution is 0.199. The van der Waals surface area contributed by atoms with Crippen molar-refractivity contribution in [3.8, 4) is 0 Å². The molecule has 0 heterocycles. The van der Waals surface area contributed by atoms with Crippen molar-refractivity contribution in [1.82, 2.24) is 0 Å². The summed E-state index contributed by atoms with van der Waals surface area (Å²) < 4.78 is 10.5. The van der Waals surface area contributed by atoms with E-state index in [1.54, 1.807) is 0 Å². The Balaban J connectivity index is 3.40. The second-order valence-corrected chi connectivity index (χ2v) is 8.78. The molecule has 0 aromatic carbocycles. The molecule has 0 bridgehead atoms. The zero-order valence-electron chi connectivity index (χ0n) is 8.49. The van der Waals surface area contributed by atoms with E-state index in [0.717, 1.165) is 25.7 Å². The molecule has 0 amide bonds. The molecule has 0 aliphatic carbocycles. The van der Waals surface area contributed by atoms with E-state index < -0.39 is 7.18 Å². The Morgan fingerprint density at radius 1 is 0.733 bits per heavy atom. The maximum atomic E-state index is 5.89. The van der Waals surface area contributed by atoms with Crippen LogP contribution in [0, 0.1) is 0 Å². The molecule has 2 nitrogen and oxygen atoms in total. The average Bonchev–Trinajstić information content (AvgIpc) is 2.20. The Morgan fingerprint density at radius 2 is 1.13 bits per heavy atom. The summed E-state index contributed by atoms with van der Waals surface area (Å²) in [6.07, 6.45) is 3.49. The van der Waals surface area contributed by atoms with Gasteiger partial charge >= 0.3 is 7.18 Å². The van der Waals surface area contributed by atoms with Gasteiger partial charge in [0.15, 0.2) is 0 Å². The van der Waals surface area contributed by atoms with Crippen LogP contribution in [0.1, 0.15) is 25.7 Å². The molecule has 0 atom stereocenters. The van der Waals surface area contributed by atoms with E-state index in [1.165, 1.54) is 0 Å². The van der Waals surface area contributed by atoms with Crippen molar-refractivity contribution in [2.24, 2.45) is 0 Å². The first-order valence-corrected chi connectivity index (χ1v) is 9.81. The van der Waals surface area contributed by atoms with E-state index in [9.17, 15) is 0 Å². The van der Waals surface area contributed by atoms with Crippen molar-refractivity contribution < 1.29 is 8.85 Å². The monoisotopic (exact) mass is 312 g/mol. The summed E-state index contributed by atoms with van der Waals surface area (Å²) in [6, 6.07) is 0. The second kappa shape index (κ2) is 10.5. The highest BCUT2D eigenvalue weighted by atomic mass is 35.7. The van der Waals surface area contributed by atoms with Crippen molar-refractivity contribution in [3.63, 3.8) is 0 Å². The highest BCUT2D eigenvalue weighted by Crippen LogP contribution is 2.19. The summed E-state index contributed by atoms with van der Waals surface area (Å²) >= 11 is 22.8. The lowest BCUT2D eigenvalue weighted by atomic mass is 10.4. The molecule has 92 valence electrons. The number of rotatable bonds is 10. The first-order chi connectivity index (χ1) is 7.12. The number of halogens is 4. The molecule has 0 fully saturated rings. The van der Waals surface area contributed by atoms with Crippen LogP contribution in [0.25, 0.3) is 0 Å². The summed E-state index contributed by atoms with van der Waals surface area (Å²) in [6.45, 7) is 1.00. The minimum atomic E-state index is -2.95. The molecule has 0 aliphatic rings. The fourth-order valence-electron chi connectivity index (χ4n) is 0.817. The van der Waals surface area contributed by atoms with Gasteiger partial charge in [0, 0.05) is 25.0 Å². The normalized spacial score (nSPS) is 12.0. The largest absolute Gasteiger partial charge is 0.551 e. The molecule has 7 heteroatoms. The van der Waals surface area contributed by atoms with Crippen LogP contribution in [-0.4, -0.2) is 32.2 Å². The Morgan fingerprint density at radius 3 is 1.47 bits per heavy atom. The third kappa shape index (κ3) is 11.6. The van der Waals surface area contributed by atoms with Gasteiger partial charge in [0.2, 0.25) is 0 Å². The summed E-state index contributed by atoms with van der Waals surface area (Å²) in [4.78, 5) is 0. The Labute approximate surface area is 112 Å². The average molecular weight is 314 g/mol. The molecule has 0 aromatic rings. The number of unbranched alkanes of at least 4 members (excludes halogenated alkanes) is 2. The Hall–Kier alpha value is 1.30. The zero-order valence-corrected chi connectivity index (χ0v) is 12.5. The third-order valence-electron chi connectivity index (χ3n) is 1.60. The standard InChI is InChI=1S/C8H16Cl4O2Si/c9-5-1-3-7-13-15(11,12)14-8-4-2-6-10/h1-8H2. The van der Waals surface area contributed by atoms with Crippen LogP contribution in [0.2, 0.25) is 0 Å². The molecule has 0 radical (unpaired) electrons. The van der Waals surface area contributed by atoms with Gasteiger partial charge in [0.05, 0.1) is 0 Å². The molecule has 0 saturated carbocycles. The lowest BCUT2D eigenvalue weighted by Crippen LogP contribution is -2.30. The van der Waals surface area contributed by atoms with Crippen LogP contribution in [0.5, 0.6) is 0 Å². The van der Waals surface area contributed by atoms with Gasteiger partial charge in [-0.3, -0.25) is 0 Å². The number of hydrogen-bond donors (Lipinski definition) is 0. The molecule has 0 unspecified atom stereocenters. The smallest absolute Gasteiger partial charge is 0.372 e. The molecule has 0 aromatic heterocycles. The van der Waals surface area contributed by atoms with Crippen LogP contribution >= 0.6 is 45.4 Å². The maximum Gasteiger partial charge on any atom is 0.551 e. The third-order valence-corrected chi connectivity index (χ3v) is 4.52.